The van der Waals surface area contributed by atoms with E-state index in [0.29, 0.717) is 27.8 Å². The molecule has 0 aromatic heterocycles. The molecule has 184 valence electrons. The molecule has 36 heavy (non-hydrogen) atoms. The number of hydrazone groups is 1. The van der Waals surface area contributed by atoms with E-state index in [4.69, 9.17) is 26.3 Å². The summed E-state index contributed by atoms with van der Waals surface area (Å²) in [6.07, 6.45) is 1.69. The number of carbonyl (C=O) groups is 2. The minimum absolute atomic E-state index is 0.243. The smallest absolute Gasteiger partial charge is 0.329 e. The molecule has 2 amide bonds. The zero-order valence-corrected chi connectivity index (χ0v) is 20.8. The van der Waals surface area contributed by atoms with Gasteiger partial charge in [-0.2, -0.15) is 10.4 Å². The Hall–Kier alpha value is -4.35. The number of aryl methyl sites for hydroxylation is 2. The molecular weight excluding hydrogens is 480 g/mol. The number of rotatable bonds is 8. The molecule has 0 aliphatic carbocycles. The monoisotopic (exact) mass is 504 g/mol. The van der Waals surface area contributed by atoms with E-state index in [1.165, 1.54) is 6.21 Å². The summed E-state index contributed by atoms with van der Waals surface area (Å²) in [6, 6.07) is 17.8. The van der Waals surface area contributed by atoms with Crippen molar-refractivity contribution in [1.82, 2.24) is 5.43 Å². The summed E-state index contributed by atoms with van der Waals surface area (Å²) in [5.41, 5.74) is 6.75. The van der Waals surface area contributed by atoms with Crippen LogP contribution < -0.4 is 20.2 Å². The highest BCUT2D eigenvalue weighted by Gasteiger charge is 2.13. The minimum Gasteiger partial charge on any atom is -0.496 e. The molecule has 0 bridgehead atoms. The van der Waals surface area contributed by atoms with Crippen LogP contribution in [0.1, 0.15) is 27.8 Å². The Kier molecular flexibility index (Phi) is 9.03. The standard InChI is InChI=1S/C27H25ClN4O4/c1-17-12-23(13-18(2)25(17)28)36-16-21-14-20(6-9-24(21)35-3)15-30-32-27(34)26(33)31-22-7-4-19(5-8-22)10-11-29/h4-9,12-15H,10,16H2,1-3H3,(H,31,33)(H,32,34)/b30-15+. The van der Waals surface area contributed by atoms with Crippen LogP contribution in [0, 0.1) is 25.2 Å². The van der Waals surface area contributed by atoms with E-state index < -0.39 is 11.8 Å². The van der Waals surface area contributed by atoms with Gasteiger partial charge in [0.05, 0.1) is 25.8 Å². The largest absolute Gasteiger partial charge is 0.496 e. The summed E-state index contributed by atoms with van der Waals surface area (Å²) >= 11 is 6.23. The highest BCUT2D eigenvalue weighted by Crippen LogP contribution is 2.27. The molecule has 0 aliphatic heterocycles. The molecule has 3 rings (SSSR count). The molecule has 0 saturated carbocycles. The van der Waals surface area contributed by atoms with Crippen LogP contribution in [-0.2, 0) is 22.6 Å². The highest BCUT2D eigenvalue weighted by molar-refractivity contribution is 6.39. The van der Waals surface area contributed by atoms with Crippen molar-refractivity contribution in [3.8, 4) is 17.6 Å². The number of nitriles is 1. The summed E-state index contributed by atoms with van der Waals surface area (Å²) in [5.74, 6) is -0.456. The van der Waals surface area contributed by atoms with Gasteiger partial charge in [-0.3, -0.25) is 9.59 Å². The molecule has 9 heteroatoms. The average molecular weight is 505 g/mol. The van der Waals surface area contributed by atoms with Crippen LogP contribution in [0.5, 0.6) is 11.5 Å². The number of halogens is 1. The summed E-state index contributed by atoms with van der Waals surface area (Å²) in [4.78, 5) is 24.2. The van der Waals surface area contributed by atoms with Gasteiger partial charge < -0.3 is 14.8 Å². The van der Waals surface area contributed by atoms with Gasteiger partial charge in [-0.05, 0) is 78.6 Å². The molecule has 3 aromatic carbocycles. The van der Waals surface area contributed by atoms with Crippen LogP contribution in [-0.4, -0.2) is 25.1 Å². The lowest BCUT2D eigenvalue weighted by Crippen LogP contribution is -2.32. The number of hydrogen-bond acceptors (Lipinski definition) is 6. The maximum Gasteiger partial charge on any atom is 0.329 e. The van der Waals surface area contributed by atoms with Gasteiger partial charge in [-0.15, -0.1) is 0 Å². The van der Waals surface area contributed by atoms with Crippen LogP contribution in [0.2, 0.25) is 5.02 Å². The fourth-order valence-electron chi connectivity index (χ4n) is 3.34. The molecule has 0 heterocycles. The molecule has 8 nitrogen and oxygen atoms in total. The second-order valence-corrected chi connectivity index (χ2v) is 8.29. The maximum absolute atomic E-state index is 12.1. The zero-order chi connectivity index (χ0) is 26.1. The van der Waals surface area contributed by atoms with E-state index >= 15 is 0 Å². The number of anilines is 1. The first-order valence-electron chi connectivity index (χ1n) is 11.0. The molecule has 0 saturated heterocycles. The molecule has 0 fully saturated rings. The SMILES string of the molecule is COc1ccc(/C=N/NC(=O)C(=O)Nc2ccc(CC#N)cc2)cc1COc1cc(C)c(Cl)c(C)c1. The van der Waals surface area contributed by atoms with E-state index in [2.05, 4.69) is 15.8 Å². The first-order valence-corrected chi connectivity index (χ1v) is 11.3. The van der Waals surface area contributed by atoms with Crippen molar-refractivity contribution in [3.05, 3.63) is 87.4 Å². The van der Waals surface area contributed by atoms with E-state index in [-0.39, 0.29) is 13.0 Å². The number of amides is 2. The third-order valence-electron chi connectivity index (χ3n) is 5.19. The van der Waals surface area contributed by atoms with Gasteiger partial charge in [0.25, 0.3) is 0 Å². The quantitative estimate of drug-likeness (QED) is 0.262. The van der Waals surface area contributed by atoms with Gasteiger partial charge in [-0.1, -0.05) is 23.7 Å². The van der Waals surface area contributed by atoms with Crippen molar-refractivity contribution in [3.63, 3.8) is 0 Å². The Balaban J connectivity index is 1.60. The third-order valence-corrected chi connectivity index (χ3v) is 5.79. The number of hydrogen-bond donors (Lipinski definition) is 2. The minimum atomic E-state index is -0.919. The van der Waals surface area contributed by atoms with Crippen molar-refractivity contribution in [2.24, 2.45) is 5.10 Å². The Labute approximate surface area is 214 Å². The Morgan fingerprint density at radius 1 is 1.06 bits per heavy atom. The molecular formula is C27H25ClN4O4. The Morgan fingerprint density at radius 3 is 2.39 bits per heavy atom. The molecule has 0 atom stereocenters. The number of carbonyl (C=O) groups excluding carboxylic acids is 2. The number of benzene rings is 3. The summed E-state index contributed by atoms with van der Waals surface area (Å²) in [6.45, 7) is 4.08. The fourth-order valence-corrected chi connectivity index (χ4v) is 3.45. The lowest BCUT2D eigenvalue weighted by Gasteiger charge is -2.13. The van der Waals surface area contributed by atoms with E-state index in [1.807, 2.05) is 38.1 Å². The van der Waals surface area contributed by atoms with Gasteiger partial charge >= 0.3 is 11.8 Å². The molecule has 2 N–H and O–H groups in total. The predicted octanol–water partition coefficient (Wildman–Crippen LogP) is 4.70. The lowest BCUT2D eigenvalue weighted by molar-refractivity contribution is -0.136. The predicted molar refractivity (Wildman–Crippen MR) is 138 cm³/mol. The number of ether oxygens (including phenoxy) is 2. The molecule has 0 aliphatic rings. The topological polar surface area (TPSA) is 113 Å². The van der Waals surface area contributed by atoms with E-state index in [9.17, 15) is 9.59 Å². The van der Waals surface area contributed by atoms with E-state index in [1.54, 1.807) is 43.5 Å². The van der Waals surface area contributed by atoms with Crippen LogP contribution in [0.25, 0.3) is 0 Å². The summed E-state index contributed by atoms with van der Waals surface area (Å²) in [7, 11) is 1.57. The highest BCUT2D eigenvalue weighted by atomic mass is 35.5. The van der Waals surface area contributed by atoms with Crippen LogP contribution >= 0.6 is 11.6 Å². The zero-order valence-electron chi connectivity index (χ0n) is 20.1. The summed E-state index contributed by atoms with van der Waals surface area (Å²) in [5, 5.41) is 15.8. The third kappa shape index (κ3) is 7.08. The van der Waals surface area contributed by atoms with Crippen LogP contribution in [0.15, 0.2) is 59.7 Å². The molecule has 0 unspecified atom stereocenters. The van der Waals surface area contributed by atoms with Crippen molar-refractivity contribution in [1.29, 1.82) is 5.26 Å². The molecule has 3 aromatic rings. The van der Waals surface area contributed by atoms with Gasteiger partial charge in [-0.25, -0.2) is 5.43 Å². The fraction of sp³-hybridized carbons (Fsp3) is 0.185. The maximum atomic E-state index is 12.1. The second kappa shape index (κ2) is 12.4. The van der Waals surface area contributed by atoms with Gasteiger partial charge in [0.2, 0.25) is 0 Å². The number of nitrogens with one attached hydrogen (secondary N) is 2. The second-order valence-electron chi connectivity index (χ2n) is 7.92. The van der Waals surface area contributed by atoms with Crippen LogP contribution in [0.3, 0.4) is 0 Å². The Bertz CT molecular complexity index is 1310. The van der Waals surface area contributed by atoms with E-state index in [0.717, 1.165) is 22.3 Å². The van der Waals surface area contributed by atoms with Crippen molar-refractivity contribution < 1.29 is 19.1 Å². The number of nitrogens with zero attached hydrogens (tertiary/aromatic N) is 2. The van der Waals surface area contributed by atoms with Gasteiger partial charge in [0.15, 0.2) is 0 Å². The van der Waals surface area contributed by atoms with Crippen LogP contribution in [0.4, 0.5) is 5.69 Å². The van der Waals surface area contributed by atoms with Gasteiger partial charge in [0.1, 0.15) is 18.1 Å². The first-order chi connectivity index (χ1) is 17.3. The normalized spacial score (nSPS) is 10.5. The summed E-state index contributed by atoms with van der Waals surface area (Å²) < 4.78 is 11.4. The number of methoxy groups -OCH3 is 1. The van der Waals surface area contributed by atoms with Gasteiger partial charge in [0, 0.05) is 16.3 Å². The first kappa shape index (κ1) is 26.3. The van der Waals surface area contributed by atoms with Crippen molar-refractivity contribution in [2.45, 2.75) is 26.9 Å². The van der Waals surface area contributed by atoms with Crippen molar-refractivity contribution in [2.75, 3.05) is 12.4 Å². The molecule has 0 radical (unpaired) electrons. The average Bonchev–Trinajstić information content (AvgIpc) is 2.87. The van der Waals surface area contributed by atoms with Crippen molar-refractivity contribution >= 4 is 35.3 Å². The Morgan fingerprint density at radius 2 is 1.75 bits per heavy atom. The molecule has 0 spiro atoms. The lowest BCUT2D eigenvalue weighted by atomic mass is 10.1.